The molecule has 2 aromatic heterocycles. The van der Waals surface area contributed by atoms with Crippen LogP contribution >= 0.6 is 0 Å². The summed E-state index contributed by atoms with van der Waals surface area (Å²) < 4.78 is 2.04. The molecule has 1 aliphatic carbocycles. The number of fused-ring (bicyclic) bond motifs is 2. The highest BCUT2D eigenvalue weighted by Gasteiger charge is 2.36. The van der Waals surface area contributed by atoms with Gasteiger partial charge in [0.2, 0.25) is 0 Å². The van der Waals surface area contributed by atoms with Crippen molar-refractivity contribution in [2.24, 2.45) is 5.41 Å². The topological polar surface area (TPSA) is 58.7 Å². The fourth-order valence-corrected chi connectivity index (χ4v) is 4.71. The lowest BCUT2D eigenvalue weighted by Crippen LogP contribution is -2.28. The van der Waals surface area contributed by atoms with E-state index in [-0.39, 0.29) is 11.2 Å². The van der Waals surface area contributed by atoms with Crippen LogP contribution in [0.1, 0.15) is 47.4 Å². The highest BCUT2D eigenvalue weighted by atomic mass is 16.1. The van der Waals surface area contributed by atoms with Gasteiger partial charge < -0.3 is 4.57 Å². The molecule has 5 rings (SSSR count). The molecule has 1 aliphatic rings. The number of nitrogens with zero attached hydrogens (tertiary/aromatic N) is 3. The average molecular weight is 406 g/mol. The predicted molar refractivity (Wildman–Crippen MR) is 122 cm³/mol. The van der Waals surface area contributed by atoms with Gasteiger partial charge in [-0.2, -0.15) is 5.26 Å². The summed E-state index contributed by atoms with van der Waals surface area (Å²) in [5, 5.41) is 10.7. The summed E-state index contributed by atoms with van der Waals surface area (Å²) >= 11 is 0. The van der Waals surface area contributed by atoms with Crippen molar-refractivity contribution in [2.45, 2.75) is 33.2 Å². The SMILES string of the molecule is CC1(C)CC(=O)c2c(nc3c(c(C#N)cn3Cc3ccccc3)c2-c2ccccc2)C1. The van der Waals surface area contributed by atoms with Crippen molar-refractivity contribution >= 4 is 16.8 Å². The van der Waals surface area contributed by atoms with Gasteiger partial charge in [-0.1, -0.05) is 74.5 Å². The molecule has 0 saturated carbocycles. The van der Waals surface area contributed by atoms with Crippen molar-refractivity contribution in [2.75, 3.05) is 0 Å². The summed E-state index contributed by atoms with van der Waals surface area (Å²) in [7, 11) is 0. The van der Waals surface area contributed by atoms with E-state index in [0.717, 1.165) is 39.8 Å². The van der Waals surface area contributed by atoms with E-state index in [1.807, 2.05) is 59.3 Å². The van der Waals surface area contributed by atoms with Gasteiger partial charge in [0.15, 0.2) is 5.78 Å². The van der Waals surface area contributed by atoms with Crippen LogP contribution in [0.3, 0.4) is 0 Å². The summed E-state index contributed by atoms with van der Waals surface area (Å²) in [5.41, 5.74) is 5.66. The molecular formula is C27H23N3O. The Morgan fingerprint density at radius 3 is 2.35 bits per heavy atom. The fourth-order valence-electron chi connectivity index (χ4n) is 4.71. The van der Waals surface area contributed by atoms with Crippen molar-refractivity contribution in [1.82, 2.24) is 9.55 Å². The second kappa shape index (κ2) is 7.21. The van der Waals surface area contributed by atoms with Crippen LogP contribution in [0, 0.1) is 16.7 Å². The van der Waals surface area contributed by atoms with Crippen LogP contribution in [0.15, 0.2) is 66.9 Å². The lowest BCUT2D eigenvalue weighted by atomic mass is 9.73. The van der Waals surface area contributed by atoms with E-state index in [9.17, 15) is 10.1 Å². The van der Waals surface area contributed by atoms with Gasteiger partial charge in [0.05, 0.1) is 11.3 Å². The molecule has 4 aromatic rings. The Morgan fingerprint density at radius 2 is 1.68 bits per heavy atom. The van der Waals surface area contributed by atoms with E-state index in [2.05, 4.69) is 32.0 Å². The van der Waals surface area contributed by atoms with E-state index in [0.29, 0.717) is 24.1 Å². The van der Waals surface area contributed by atoms with Crippen LogP contribution in [0.25, 0.3) is 22.2 Å². The molecular weight excluding hydrogens is 382 g/mol. The Labute approximate surface area is 181 Å². The molecule has 152 valence electrons. The zero-order valence-corrected chi connectivity index (χ0v) is 17.7. The van der Waals surface area contributed by atoms with E-state index in [1.54, 1.807) is 0 Å². The minimum atomic E-state index is -0.131. The molecule has 0 bridgehead atoms. The third kappa shape index (κ3) is 3.33. The van der Waals surface area contributed by atoms with Crippen molar-refractivity contribution in [1.29, 1.82) is 5.26 Å². The van der Waals surface area contributed by atoms with Crippen molar-refractivity contribution < 1.29 is 4.79 Å². The van der Waals surface area contributed by atoms with Gasteiger partial charge in [0, 0.05) is 35.7 Å². The van der Waals surface area contributed by atoms with Gasteiger partial charge in [0.1, 0.15) is 11.7 Å². The van der Waals surface area contributed by atoms with Gasteiger partial charge in [0.25, 0.3) is 0 Å². The first-order chi connectivity index (χ1) is 15.0. The number of aromatic nitrogens is 2. The van der Waals surface area contributed by atoms with Gasteiger partial charge in [-0.25, -0.2) is 4.98 Å². The summed E-state index contributed by atoms with van der Waals surface area (Å²) in [6.45, 7) is 4.85. The Hall–Kier alpha value is -3.71. The third-order valence-corrected chi connectivity index (χ3v) is 6.02. The zero-order chi connectivity index (χ0) is 21.6. The molecule has 0 radical (unpaired) electrons. The maximum atomic E-state index is 13.3. The predicted octanol–water partition coefficient (Wildman–Crippen LogP) is 5.78. The number of hydrogen-bond donors (Lipinski definition) is 0. The van der Waals surface area contributed by atoms with Crippen LogP contribution in [0.5, 0.6) is 0 Å². The number of Topliss-reactive ketones (excluding diaryl/α,β-unsaturated/α-hetero) is 1. The highest BCUT2D eigenvalue weighted by molar-refractivity contribution is 6.12. The number of ketones is 1. The number of rotatable bonds is 3. The van der Waals surface area contributed by atoms with Gasteiger partial charge in [-0.05, 0) is 23.0 Å². The number of carbonyl (C=O) groups excluding carboxylic acids is 1. The van der Waals surface area contributed by atoms with E-state index in [4.69, 9.17) is 4.98 Å². The average Bonchev–Trinajstić information content (AvgIpc) is 3.10. The minimum absolute atomic E-state index is 0.110. The smallest absolute Gasteiger partial charge is 0.165 e. The Balaban J connectivity index is 1.85. The highest BCUT2D eigenvalue weighted by Crippen LogP contribution is 2.42. The monoisotopic (exact) mass is 405 g/mol. The molecule has 2 aromatic carbocycles. The first-order valence-electron chi connectivity index (χ1n) is 10.6. The minimum Gasteiger partial charge on any atom is -0.327 e. The molecule has 0 atom stereocenters. The molecule has 2 heterocycles. The molecule has 0 fully saturated rings. The van der Waals surface area contributed by atoms with Crippen molar-refractivity contribution in [3.63, 3.8) is 0 Å². The number of pyridine rings is 1. The molecule has 31 heavy (non-hydrogen) atoms. The molecule has 0 amide bonds. The van der Waals surface area contributed by atoms with Crippen LogP contribution in [0.4, 0.5) is 0 Å². The van der Waals surface area contributed by atoms with Crippen molar-refractivity contribution in [3.05, 3.63) is 89.2 Å². The summed E-state index contributed by atoms with van der Waals surface area (Å²) in [6.07, 6.45) is 3.10. The molecule has 0 unspecified atom stereocenters. The number of hydrogen-bond acceptors (Lipinski definition) is 3. The van der Waals surface area contributed by atoms with Crippen molar-refractivity contribution in [3.8, 4) is 17.2 Å². The lowest BCUT2D eigenvalue weighted by Gasteiger charge is -2.31. The van der Waals surface area contributed by atoms with Crippen LogP contribution in [-0.4, -0.2) is 15.3 Å². The molecule has 4 heteroatoms. The van der Waals surface area contributed by atoms with E-state index < -0.39 is 0 Å². The first kappa shape index (κ1) is 19.3. The van der Waals surface area contributed by atoms with Gasteiger partial charge >= 0.3 is 0 Å². The Kier molecular flexibility index (Phi) is 4.48. The summed E-state index contributed by atoms with van der Waals surface area (Å²) in [4.78, 5) is 18.3. The Bertz CT molecular complexity index is 1340. The maximum Gasteiger partial charge on any atom is 0.165 e. The lowest BCUT2D eigenvalue weighted by molar-refractivity contribution is 0.0911. The third-order valence-electron chi connectivity index (χ3n) is 6.02. The quantitative estimate of drug-likeness (QED) is 0.434. The number of carbonyl (C=O) groups is 1. The Morgan fingerprint density at radius 1 is 1.00 bits per heavy atom. The maximum absolute atomic E-state index is 13.3. The summed E-state index contributed by atoms with van der Waals surface area (Å²) in [5.74, 6) is 0.110. The molecule has 0 N–H and O–H groups in total. The second-order valence-corrected chi connectivity index (χ2v) is 9.08. The van der Waals surface area contributed by atoms with Gasteiger partial charge in [-0.3, -0.25) is 4.79 Å². The summed E-state index contributed by atoms with van der Waals surface area (Å²) in [6, 6.07) is 22.4. The second-order valence-electron chi connectivity index (χ2n) is 9.08. The van der Waals surface area contributed by atoms with Gasteiger partial charge in [-0.15, -0.1) is 0 Å². The van der Waals surface area contributed by atoms with Crippen LogP contribution in [0.2, 0.25) is 0 Å². The first-order valence-corrected chi connectivity index (χ1v) is 10.6. The fraction of sp³-hybridized carbons (Fsp3) is 0.222. The normalized spacial score (nSPS) is 14.9. The molecule has 0 saturated heterocycles. The van der Waals surface area contributed by atoms with Crippen LogP contribution in [-0.2, 0) is 13.0 Å². The standard InChI is InChI=1S/C27H23N3O/c1-27(2)13-21-25(22(31)14-27)23(19-11-7-4-8-12-19)24-20(15-28)17-30(26(24)29-21)16-18-9-5-3-6-10-18/h3-12,17H,13-14,16H2,1-2H3. The van der Waals surface area contributed by atoms with Crippen LogP contribution < -0.4 is 0 Å². The largest absolute Gasteiger partial charge is 0.327 e. The number of benzene rings is 2. The van der Waals surface area contributed by atoms with E-state index in [1.165, 1.54) is 0 Å². The molecule has 0 aliphatic heterocycles. The zero-order valence-electron chi connectivity index (χ0n) is 17.7. The molecule has 4 nitrogen and oxygen atoms in total. The number of nitriles is 1. The van der Waals surface area contributed by atoms with E-state index >= 15 is 0 Å². The molecule has 0 spiro atoms.